The van der Waals surface area contributed by atoms with Gasteiger partial charge in [0.25, 0.3) is 5.56 Å². The molecule has 3 aromatic rings. The number of nitrogens with one attached hydrogen (secondary N) is 1. The van der Waals surface area contributed by atoms with Crippen molar-refractivity contribution >= 4 is 17.1 Å². The highest BCUT2D eigenvalue weighted by Gasteiger charge is 2.18. The van der Waals surface area contributed by atoms with Crippen molar-refractivity contribution in [2.75, 3.05) is 6.54 Å². The van der Waals surface area contributed by atoms with Crippen LogP contribution in [0.3, 0.4) is 0 Å². The standard InChI is InChI=1S/C23H30N6O3/c1-16-6-4-5-11-28(16)13-18-9-7-17(8-10-18)12-24-19(30)14-29-22(31)20-21(25-15-26(20)2)27(3)23(29)32/h7-10,15-16H,4-6,11-14H2,1-3H3,(H,24,30). The van der Waals surface area contributed by atoms with Crippen LogP contribution in [0.5, 0.6) is 0 Å². The number of aryl methyl sites for hydroxylation is 2. The lowest BCUT2D eigenvalue weighted by molar-refractivity contribution is -0.121. The van der Waals surface area contributed by atoms with Crippen LogP contribution in [-0.2, 0) is 38.5 Å². The molecule has 1 aliphatic rings. The highest BCUT2D eigenvalue weighted by atomic mass is 16.2. The van der Waals surface area contributed by atoms with Crippen LogP contribution in [0.4, 0.5) is 0 Å². The Bertz CT molecular complexity index is 1240. The third-order valence-electron chi connectivity index (χ3n) is 6.34. The molecule has 9 heteroatoms. The lowest BCUT2D eigenvalue weighted by atomic mass is 10.0. The molecule has 1 fully saturated rings. The summed E-state index contributed by atoms with van der Waals surface area (Å²) in [7, 11) is 3.22. The second kappa shape index (κ2) is 9.12. The fourth-order valence-corrected chi connectivity index (χ4v) is 4.33. The smallest absolute Gasteiger partial charge is 0.332 e. The number of aromatic nitrogens is 4. The summed E-state index contributed by atoms with van der Waals surface area (Å²) in [5.41, 5.74) is 1.74. The van der Waals surface area contributed by atoms with E-state index in [1.54, 1.807) is 11.6 Å². The molecule has 3 heterocycles. The number of carbonyl (C=O) groups is 1. The number of carbonyl (C=O) groups excluding carboxylic acids is 1. The average molecular weight is 439 g/mol. The second-order valence-corrected chi connectivity index (χ2v) is 8.67. The van der Waals surface area contributed by atoms with Crippen molar-refractivity contribution in [2.24, 2.45) is 14.1 Å². The molecular weight excluding hydrogens is 408 g/mol. The number of rotatable bonds is 6. The van der Waals surface area contributed by atoms with E-state index >= 15 is 0 Å². The SMILES string of the molecule is CC1CCCCN1Cc1ccc(CNC(=O)Cn2c(=O)c3c(ncn3C)n(C)c2=O)cc1. The van der Waals surface area contributed by atoms with Crippen molar-refractivity contribution in [1.29, 1.82) is 0 Å². The number of hydrogen-bond acceptors (Lipinski definition) is 5. The van der Waals surface area contributed by atoms with Gasteiger partial charge in [0.05, 0.1) is 6.33 Å². The molecule has 1 unspecified atom stereocenters. The van der Waals surface area contributed by atoms with Gasteiger partial charge in [0, 0.05) is 33.2 Å². The maximum Gasteiger partial charge on any atom is 0.332 e. The van der Waals surface area contributed by atoms with Crippen LogP contribution in [0.1, 0.15) is 37.3 Å². The zero-order valence-corrected chi connectivity index (χ0v) is 18.9. The van der Waals surface area contributed by atoms with Gasteiger partial charge in [-0.1, -0.05) is 30.7 Å². The lowest BCUT2D eigenvalue weighted by Crippen LogP contribution is -2.43. The third-order valence-corrected chi connectivity index (χ3v) is 6.34. The molecular formula is C23H30N6O3. The molecule has 1 saturated heterocycles. The Kier molecular flexibility index (Phi) is 6.27. The molecule has 170 valence electrons. The zero-order valence-electron chi connectivity index (χ0n) is 18.9. The van der Waals surface area contributed by atoms with Crippen molar-refractivity contribution in [3.05, 3.63) is 62.6 Å². The summed E-state index contributed by atoms with van der Waals surface area (Å²) < 4.78 is 3.78. The van der Waals surface area contributed by atoms with Crippen LogP contribution in [0.2, 0.25) is 0 Å². The fourth-order valence-electron chi connectivity index (χ4n) is 4.33. The molecule has 9 nitrogen and oxygen atoms in total. The van der Waals surface area contributed by atoms with E-state index in [1.165, 1.54) is 42.8 Å². The fraction of sp³-hybridized carbons (Fsp3) is 0.478. The van der Waals surface area contributed by atoms with E-state index in [2.05, 4.69) is 34.3 Å². The van der Waals surface area contributed by atoms with E-state index in [9.17, 15) is 14.4 Å². The first kappa shape index (κ1) is 22.0. The monoisotopic (exact) mass is 438 g/mol. The molecule has 2 aromatic heterocycles. The molecule has 1 aliphatic heterocycles. The Balaban J connectivity index is 1.39. The van der Waals surface area contributed by atoms with Gasteiger partial charge in [-0.25, -0.2) is 14.3 Å². The van der Waals surface area contributed by atoms with Crippen LogP contribution < -0.4 is 16.6 Å². The first-order valence-electron chi connectivity index (χ1n) is 11.0. The van der Waals surface area contributed by atoms with Gasteiger partial charge in [-0.3, -0.25) is 19.1 Å². The lowest BCUT2D eigenvalue weighted by Gasteiger charge is -2.33. The topological polar surface area (TPSA) is 94.2 Å². The van der Waals surface area contributed by atoms with E-state index in [0.717, 1.165) is 23.2 Å². The largest absolute Gasteiger partial charge is 0.350 e. The van der Waals surface area contributed by atoms with Gasteiger partial charge in [0.2, 0.25) is 5.91 Å². The van der Waals surface area contributed by atoms with Crippen molar-refractivity contribution in [3.63, 3.8) is 0 Å². The molecule has 0 radical (unpaired) electrons. The minimum absolute atomic E-state index is 0.290. The molecule has 1 N–H and O–H groups in total. The molecule has 0 saturated carbocycles. The molecule has 4 rings (SSSR count). The van der Waals surface area contributed by atoms with Crippen molar-refractivity contribution < 1.29 is 4.79 Å². The van der Waals surface area contributed by atoms with Crippen LogP contribution in [0, 0.1) is 0 Å². The van der Waals surface area contributed by atoms with E-state index in [4.69, 9.17) is 0 Å². The highest BCUT2D eigenvalue weighted by molar-refractivity contribution is 5.76. The Hall–Kier alpha value is -3.20. The number of benzene rings is 1. The van der Waals surface area contributed by atoms with Crippen LogP contribution in [0.25, 0.3) is 11.2 Å². The molecule has 1 amide bonds. The normalized spacial score (nSPS) is 17.0. The first-order chi connectivity index (χ1) is 15.3. The summed E-state index contributed by atoms with van der Waals surface area (Å²) in [5.74, 6) is -0.392. The van der Waals surface area contributed by atoms with Crippen molar-refractivity contribution in [2.45, 2.75) is 51.9 Å². The van der Waals surface area contributed by atoms with E-state index in [1.807, 2.05) is 12.1 Å². The highest BCUT2D eigenvalue weighted by Crippen LogP contribution is 2.19. The maximum absolute atomic E-state index is 12.7. The van der Waals surface area contributed by atoms with Crippen molar-refractivity contribution in [3.8, 4) is 0 Å². The number of piperidine rings is 1. The molecule has 32 heavy (non-hydrogen) atoms. The van der Waals surface area contributed by atoms with Gasteiger partial charge in [-0.15, -0.1) is 0 Å². The number of imidazole rings is 1. The van der Waals surface area contributed by atoms with E-state index in [-0.39, 0.29) is 6.54 Å². The number of fused-ring (bicyclic) bond motifs is 1. The Morgan fingerprint density at radius 2 is 1.84 bits per heavy atom. The number of amides is 1. The molecule has 0 aliphatic carbocycles. The molecule has 1 aromatic carbocycles. The Labute approximate surface area is 186 Å². The Morgan fingerprint density at radius 1 is 1.12 bits per heavy atom. The molecule has 0 spiro atoms. The van der Waals surface area contributed by atoms with Crippen molar-refractivity contribution in [1.82, 2.24) is 28.9 Å². The van der Waals surface area contributed by atoms with Gasteiger partial charge in [0.1, 0.15) is 6.54 Å². The van der Waals surface area contributed by atoms with Gasteiger partial charge >= 0.3 is 5.69 Å². The predicted octanol–water partition coefficient (Wildman–Crippen LogP) is 1.12. The van der Waals surface area contributed by atoms with E-state index < -0.39 is 17.2 Å². The summed E-state index contributed by atoms with van der Waals surface area (Å²) in [6.07, 6.45) is 5.30. The minimum atomic E-state index is -0.562. The Morgan fingerprint density at radius 3 is 2.56 bits per heavy atom. The second-order valence-electron chi connectivity index (χ2n) is 8.67. The van der Waals surface area contributed by atoms with E-state index in [0.29, 0.717) is 23.8 Å². The minimum Gasteiger partial charge on any atom is -0.350 e. The van der Waals surface area contributed by atoms with Gasteiger partial charge in [-0.2, -0.15) is 0 Å². The van der Waals surface area contributed by atoms with Gasteiger partial charge < -0.3 is 9.88 Å². The number of hydrogen-bond donors (Lipinski definition) is 1. The van der Waals surface area contributed by atoms with Gasteiger partial charge in [-0.05, 0) is 37.4 Å². The van der Waals surface area contributed by atoms with Crippen LogP contribution >= 0.6 is 0 Å². The maximum atomic E-state index is 12.7. The summed E-state index contributed by atoms with van der Waals surface area (Å²) in [4.78, 5) is 44.3. The first-order valence-corrected chi connectivity index (χ1v) is 11.0. The molecule has 1 atom stereocenters. The quantitative estimate of drug-likeness (QED) is 0.623. The third kappa shape index (κ3) is 4.38. The predicted molar refractivity (Wildman–Crippen MR) is 122 cm³/mol. The summed E-state index contributed by atoms with van der Waals surface area (Å²) in [6, 6.07) is 8.83. The summed E-state index contributed by atoms with van der Waals surface area (Å²) >= 11 is 0. The summed E-state index contributed by atoms with van der Waals surface area (Å²) in [6.45, 7) is 4.37. The molecule has 0 bridgehead atoms. The number of likely N-dealkylation sites (tertiary alicyclic amines) is 1. The van der Waals surface area contributed by atoms with Crippen LogP contribution in [-0.4, -0.2) is 42.1 Å². The average Bonchev–Trinajstić information content (AvgIpc) is 3.18. The van der Waals surface area contributed by atoms with Gasteiger partial charge in [0.15, 0.2) is 11.2 Å². The number of nitrogens with zero attached hydrogens (tertiary/aromatic N) is 5. The summed E-state index contributed by atoms with van der Waals surface area (Å²) in [5, 5.41) is 2.81. The zero-order chi connectivity index (χ0) is 22.8. The van der Waals surface area contributed by atoms with Crippen LogP contribution in [0.15, 0.2) is 40.2 Å².